The van der Waals surface area contributed by atoms with E-state index >= 15 is 0 Å². The zero-order chi connectivity index (χ0) is 12.7. The van der Waals surface area contributed by atoms with Gasteiger partial charge in [0.25, 0.3) is 0 Å². The summed E-state index contributed by atoms with van der Waals surface area (Å²) in [6, 6.07) is 0. The summed E-state index contributed by atoms with van der Waals surface area (Å²) in [7, 11) is 2.11. The third-order valence-corrected chi connectivity index (χ3v) is 4.53. The van der Waals surface area contributed by atoms with Gasteiger partial charge in [-0.2, -0.15) is 0 Å². The normalized spacial score (nSPS) is 29.8. The fraction of sp³-hybridized carbons (Fsp3) is 1.00. The van der Waals surface area contributed by atoms with E-state index in [1.54, 1.807) is 0 Å². The Morgan fingerprint density at radius 3 is 2.47 bits per heavy atom. The molecule has 1 fully saturated rings. The Hall–Kier alpha value is -0.0400. The first-order chi connectivity index (χ1) is 8.17. The second-order valence-corrected chi connectivity index (χ2v) is 6.52. The topological polar surface area (TPSA) is 12.0 Å². The molecular weight excluding hydrogens is 206 g/mol. The molecule has 0 amide bonds. The van der Waals surface area contributed by atoms with E-state index in [0.29, 0.717) is 0 Å². The molecule has 1 N–H and O–H groups in total. The molecule has 0 saturated heterocycles. The van der Waals surface area contributed by atoms with Crippen LogP contribution in [0.3, 0.4) is 0 Å². The molecule has 0 aliphatic heterocycles. The van der Waals surface area contributed by atoms with Crippen molar-refractivity contribution in [1.82, 2.24) is 5.32 Å². The summed E-state index contributed by atoms with van der Waals surface area (Å²) in [6.07, 6.45) is 10.2. The van der Waals surface area contributed by atoms with Crippen molar-refractivity contribution >= 4 is 0 Å². The van der Waals surface area contributed by atoms with E-state index in [4.69, 9.17) is 0 Å². The maximum absolute atomic E-state index is 3.40. The predicted molar refractivity (Wildman–Crippen MR) is 77.2 cm³/mol. The molecule has 1 heteroatoms. The van der Waals surface area contributed by atoms with Crippen LogP contribution in [0.1, 0.15) is 65.7 Å². The van der Waals surface area contributed by atoms with E-state index in [1.165, 1.54) is 51.5 Å². The fourth-order valence-corrected chi connectivity index (χ4v) is 3.53. The van der Waals surface area contributed by atoms with Crippen LogP contribution in [0, 0.1) is 23.7 Å². The van der Waals surface area contributed by atoms with Crippen LogP contribution in [0.5, 0.6) is 0 Å². The van der Waals surface area contributed by atoms with Crippen LogP contribution in [0.25, 0.3) is 0 Å². The Labute approximate surface area is 109 Å². The average molecular weight is 239 g/mol. The highest BCUT2D eigenvalue weighted by Gasteiger charge is 2.29. The third kappa shape index (κ3) is 5.42. The summed E-state index contributed by atoms with van der Waals surface area (Å²) in [6.45, 7) is 8.29. The highest BCUT2D eigenvalue weighted by atomic mass is 14.8. The Balaban J connectivity index is 2.43. The summed E-state index contributed by atoms with van der Waals surface area (Å²) >= 11 is 0. The van der Waals surface area contributed by atoms with E-state index in [2.05, 4.69) is 33.1 Å². The number of nitrogens with one attached hydrogen (secondary N) is 1. The minimum Gasteiger partial charge on any atom is -0.319 e. The minimum atomic E-state index is 0.872. The molecule has 0 aromatic rings. The second kappa shape index (κ2) is 8.13. The van der Waals surface area contributed by atoms with Crippen LogP contribution in [0.4, 0.5) is 0 Å². The standard InChI is InChI=1S/C16H33N/c1-5-6-14-8-10-16(12-17-4)15(11-14)9-7-13(2)3/h13-17H,5-12H2,1-4H3. The monoisotopic (exact) mass is 239 g/mol. The van der Waals surface area contributed by atoms with Gasteiger partial charge in [0, 0.05) is 0 Å². The maximum Gasteiger partial charge on any atom is -0.00209 e. The lowest BCUT2D eigenvalue weighted by atomic mass is 9.70. The molecule has 1 aliphatic rings. The van der Waals surface area contributed by atoms with Gasteiger partial charge in [0.2, 0.25) is 0 Å². The molecule has 0 spiro atoms. The Morgan fingerprint density at radius 2 is 1.88 bits per heavy atom. The molecule has 0 aromatic heterocycles. The molecular formula is C16H33N. The van der Waals surface area contributed by atoms with Gasteiger partial charge in [-0.05, 0) is 56.5 Å². The highest BCUT2D eigenvalue weighted by Crippen LogP contribution is 2.38. The van der Waals surface area contributed by atoms with Crippen molar-refractivity contribution in [2.75, 3.05) is 13.6 Å². The summed E-state index contributed by atoms with van der Waals surface area (Å²) < 4.78 is 0. The molecule has 0 aromatic carbocycles. The lowest BCUT2D eigenvalue weighted by Gasteiger charge is -2.36. The van der Waals surface area contributed by atoms with Gasteiger partial charge in [0.05, 0.1) is 0 Å². The molecule has 17 heavy (non-hydrogen) atoms. The molecule has 3 atom stereocenters. The van der Waals surface area contributed by atoms with Crippen LogP contribution >= 0.6 is 0 Å². The number of hydrogen-bond acceptors (Lipinski definition) is 1. The van der Waals surface area contributed by atoms with E-state index in [9.17, 15) is 0 Å². The zero-order valence-electron chi connectivity index (χ0n) is 12.5. The quantitative estimate of drug-likeness (QED) is 0.691. The van der Waals surface area contributed by atoms with E-state index in [-0.39, 0.29) is 0 Å². The molecule has 0 heterocycles. The molecule has 0 bridgehead atoms. The maximum atomic E-state index is 3.40. The smallest absolute Gasteiger partial charge is 0.00209 e. The largest absolute Gasteiger partial charge is 0.319 e. The summed E-state index contributed by atoms with van der Waals surface area (Å²) in [4.78, 5) is 0. The summed E-state index contributed by atoms with van der Waals surface area (Å²) in [5.41, 5.74) is 0. The van der Waals surface area contributed by atoms with Gasteiger partial charge >= 0.3 is 0 Å². The Morgan fingerprint density at radius 1 is 1.12 bits per heavy atom. The predicted octanol–water partition coefficient (Wildman–Crippen LogP) is 4.47. The first-order valence-electron chi connectivity index (χ1n) is 7.81. The molecule has 1 saturated carbocycles. The molecule has 3 unspecified atom stereocenters. The molecule has 1 aliphatic carbocycles. The van der Waals surface area contributed by atoms with Gasteiger partial charge in [-0.15, -0.1) is 0 Å². The van der Waals surface area contributed by atoms with Gasteiger partial charge in [0.1, 0.15) is 0 Å². The third-order valence-electron chi connectivity index (χ3n) is 4.53. The number of rotatable bonds is 7. The van der Waals surface area contributed by atoms with Crippen molar-refractivity contribution in [3.8, 4) is 0 Å². The zero-order valence-corrected chi connectivity index (χ0v) is 12.5. The van der Waals surface area contributed by atoms with Gasteiger partial charge < -0.3 is 5.32 Å². The van der Waals surface area contributed by atoms with Crippen LogP contribution in [0.15, 0.2) is 0 Å². The van der Waals surface area contributed by atoms with E-state index in [0.717, 1.165) is 23.7 Å². The fourth-order valence-electron chi connectivity index (χ4n) is 3.53. The van der Waals surface area contributed by atoms with Crippen molar-refractivity contribution in [3.63, 3.8) is 0 Å². The van der Waals surface area contributed by atoms with Crippen LogP contribution in [0.2, 0.25) is 0 Å². The Kier molecular flexibility index (Phi) is 7.18. The molecule has 0 radical (unpaired) electrons. The van der Waals surface area contributed by atoms with Crippen molar-refractivity contribution in [2.45, 2.75) is 65.7 Å². The van der Waals surface area contributed by atoms with E-state index < -0.39 is 0 Å². The lowest BCUT2D eigenvalue weighted by molar-refractivity contribution is 0.155. The minimum absolute atomic E-state index is 0.872. The van der Waals surface area contributed by atoms with Crippen LogP contribution < -0.4 is 5.32 Å². The summed E-state index contributed by atoms with van der Waals surface area (Å²) in [5, 5.41) is 3.40. The highest BCUT2D eigenvalue weighted by molar-refractivity contribution is 4.81. The average Bonchev–Trinajstić information content (AvgIpc) is 2.29. The van der Waals surface area contributed by atoms with Crippen molar-refractivity contribution in [2.24, 2.45) is 23.7 Å². The first kappa shape index (κ1) is 15.0. The molecule has 1 nitrogen and oxygen atoms in total. The Bertz CT molecular complexity index is 188. The number of hydrogen-bond donors (Lipinski definition) is 1. The SMILES string of the molecule is CCCC1CCC(CNC)C(CCC(C)C)C1. The van der Waals surface area contributed by atoms with Gasteiger partial charge in [-0.25, -0.2) is 0 Å². The van der Waals surface area contributed by atoms with Gasteiger partial charge in [-0.1, -0.05) is 46.5 Å². The summed E-state index contributed by atoms with van der Waals surface area (Å²) in [5.74, 6) is 3.85. The lowest BCUT2D eigenvalue weighted by Crippen LogP contribution is -2.32. The first-order valence-corrected chi connectivity index (χ1v) is 7.81. The van der Waals surface area contributed by atoms with Gasteiger partial charge in [0.15, 0.2) is 0 Å². The van der Waals surface area contributed by atoms with E-state index in [1.807, 2.05) is 0 Å². The van der Waals surface area contributed by atoms with Crippen molar-refractivity contribution < 1.29 is 0 Å². The van der Waals surface area contributed by atoms with Crippen LogP contribution in [-0.2, 0) is 0 Å². The second-order valence-electron chi connectivity index (χ2n) is 6.52. The van der Waals surface area contributed by atoms with Gasteiger partial charge in [-0.3, -0.25) is 0 Å². The molecule has 1 rings (SSSR count). The van der Waals surface area contributed by atoms with Crippen molar-refractivity contribution in [1.29, 1.82) is 0 Å². The molecule has 102 valence electrons. The van der Waals surface area contributed by atoms with Crippen molar-refractivity contribution in [3.05, 3.63) is 0 Å². The van der Waals surface area contributed by atoms with Crippen LogP contribution in [-0.4, -0.2) is 13.6 Å².